The summed E-state index contributed by atoms with van der Waals surface area (Å²) in [5, 5.41) is 6.25. The van der Waals surface area contributed by atoms with E-state index in [1.807, 2.05) is 6.92 Å². The van der Waals surface area contributed by atoms with Gasteiger partial charge in [-0.3, -0.25) is 9.69 Å². The summed E-state index contributed by atoms with van der Waals surface area (Å²) < 4.78 is 0. The molecule has 2 atom stereocenters. The first-order chi connectivity index (χ1) is 9.54. The Hall–Kier alpha value is -1.10. The highest BCUT2D eigenvalue weighted by Crippen LogP contribution is 2.42. The van der Waals surface area contributed by atoms with E-state index >= 15 is 0 Å². The van der Waals surface area contributed by atoms with Gasteiger partial charge < -0.3 is 10.6 Å². The Labute approximate surface area is 121 Å². The molecule has 2 unspecified atom stereocenters. The molecule has 1 aliphatic carbocycles. The van der Waals surface area contributed by atoms with Gasteiger partial charge in [0.1, 0.15) is 5.54 Å². The van der Waals surface area contributed by atoms with Crippen molar-refractivity contribution in [3.63, 3.8) is 0 Å². The van der Waals surface area contributed by atoms with Gasteiger partial charge in [-0.05, 0) is 44.2 Å². The number of carbonyl (C=O) groups excluding carboxylic acids is 2. The van der Waals surface area contributed by atoms with E-state index in [1.54, 1.807) is 0 Å². The smallest absolute Gasteiger partial charge is 0.323 e. The maximum absolute atomic E-state index is 12.8. The summed E-state index contributed by atoms with van der Waals surface area (Å²) >= 11 is 0. The average Bonchev–Trinajstić information content (AvgIpc) is 2.66. The monoisotopic (exact) mass is 281 g/mol. The Kier molecular flexibility index (Phi) is 4.68. The van der Waals surface area contributed by atoms with Crippen molar-refractivity contribution in [2.75, 3.05) is 19.6 Å². The van der Waals surface area contributed by atoms with E-state index in [0.717, 1.165) is 38.8 Å². The van der Waals surface area contributed by atoms with Crippen LogP contribution in [-0.2, 0) is 4.79 Å². The third-order valence-corrected chi connectivity index (χ3v) is 4.97. The second-order valence-corrected chi connectivity index (χ2v) is 6.20. The quantitative estimate of drug-likeness (QED) is 0.596. The minimum atomic E-state index is -0.645. The largest absolute Gasteiger partial charge is 0.325 e. The lowest BCUT2D eigenvalue weighted by atomic mass is 9.67. The first kappa shape index (κ1) is 15.3. The molecule has 0 aromatic heterocycles. The van der Waals surface area contributed by atoms with Crippen LogP contribution in [0.4, 0.5) is 4.79 Å². The minimum absolute atomic E-state index is 0.00121. The van der Waals surface area contributed by atoms with Crippen LogP contribution in [-0.4, -0.2) is 42.0 Å². The van der Waals surface area contributed by atoms with Crippen LogP contribution in [0.1, 0.15) is 46.5 Å². The number of nitrogens with one attached hydrogen (secondary N) is 2. The Bertz CT molecular complexity index is 373. The third kappa shape index (κ3) is 2.43. The van der Waals surface area contributed by atoms with Crippen molar-refractivity contribution < 1.29 is 9.59 Å². The number of nitrogens with zero attached hydrogens (tertiary/aromatic N) is 1. The highest BCUT2D eigenvalue weighted by atomic mass is 16.2. The number of rotatable bonds is 5. The summed E-state index contributed by atoms with van der Waals surface area (Å²) in [6, 6.07) is -0.202. The number of amides is 3. The Morgan fingerprint density at radius 2 is 1.95 bits per heavy atom. The van der Waals surface area contributed by atoms with Gasteiger partial charge in [0.05, 0.1) is 0 Å². The zero-order valence-corrected chi connectivity index (χ0v) is 12.9. The highest BCUT2D eigenvalue weighted by Gasteiger charge is 2.57. The van der Waals surface area contributed by atoms with E-state index < -0.39 is 5.54 Å². The van der Waals surface area contributed by atoms with Crippen molar-refractivity contribution in [1.29, 1.82) is 0 Å². The molecule has 0 radical (unpaired) electrons. The molecule has 0 aromatic carbocycles. The van der Waals surface area contributed by atoms with Gasteiger partial charge in [0.15, 0.2) is 0 Å². The molecule has 5 heteroatoms. The minimum Gasteiger partial charge on any atom is -0.323 e. The van der Waals surface area contributed by atoms with Crippen LogP contribution in [0.15, 0.2) is 0 Å². The second-order valence-electron chi connectivity index (χ2n) is 6.20. The maximum atomic E-state index is 12.8. The van der Waals surface area contributed by atoms with Crippen LogP contribution >= 0.6 is 0 Å². The van der Waals surface area contributed by atoms with E-state index in [2.05, 4.69) is 24.5 Å². The molecule has 0 bridgehead atoms. The third-order valence-electron chi connectivity index (χ3n) is 4.97. The fraction of sp³-hybridized carbons (Fsp3) is 0.867. The lowest BCUT2D eigenvalue weighted by Gasteiger charge is -2.42. The van der Waals surface area contributed by atoms with Crippen molar-refractivity contribution in [2.45, 2.75) is 52.0 Å². The molecule has 2 rings (SSSR count). The van der Waals surface area contributed by atoms with E-state index in [-0.39, 0.29) is 23.8 Å². The summed E-state index contributed by atoms with van der Waals surface area (Å²) in [5.41, 5.74) is -0.645. The van der Waals surface area contributed by atoms with Gasteiger partial charge in [-0.1, -0.05) is 27.2 Å². The van der Waals surface area contributed by atoms with Gasteiger partial charge in [-0.15, -0.1) is 0 Å². The molecule has 1 heterocycles. The van der Waals surface area contributed by atoms with Gasteiger partial charge in [0.2, 0.25) is 0 Å². The topological polar surface area (TPSA) is 61.4 Å². The summed E-state index contributed by atoms with van der Waals surface area (Å²) in [6.07, 6.45) is 3.99. The fourth-order valence-electron chi connectivity index (χ4n) is 3.69. The van der Waals surface area contributed by atoms with Gasteiger partial charge in [0.25, 0.3) is 5.91 Å². The van der Waals surface area contributed by atoms with Gasteiger partial charge in [-0.2, -0.15) is 0 Å². The number of imide groups is 1. The molecule has 2 fully saturated rings. The molecule has 5 nitrogen and oxygen atoms in total. The van der Waals surface area contributed by atoms with Crippen molar-refractivity contribution in [1.82, 2.24) is 15.5 Å². The molecular formula is C15H27N3O2. The fourth-order valence-corrected chi connectivity index (χ4v) is 3.69. The Morgan fingerprint density at radius 3 is 2.55 bits per heavy atom. The number of carbonyl (C=O) groups is 2. The summed E-state index contributed by atoms with van der Waals surface area (Å²) in [7, 11) is 0. The molecule has 3 amide bonds. The van der Waals surface area contributed by atoms with Crippen molar-refractivity contribution in [2.24, 2.45) is 11.8 Å². The molecule has 1 aliphatic heterocycles. The molecular weight excluding hydrogens is 254 g/mol. The van der Waals surface area contributed by atoms with Crippen molar-refractivity contribution in [3.05, 3.63) is 0 Å². The van der Waals surface area contributed by atoms with E-state index in [9.17, 15) is 9.59 Å². The SMILES string of the molecule is CCNCCCN1C(=O)NC2(C1=O)C(C)CCCC2C. The Morgan fingerprint density at radius 1 is 1.30 bits per heavy atom. The van der Waals surface area contributed by atoms with Gasteiger partial charge in [-0.25, -0.2) is 4.79 Å². The standard InChI is InChI=1S/C15H27N3O2/c1-4-16-9-6-10-18-13(19)15(17-14(18)20)11(2)7-5-8-12(15)3/h11-12,16H,4-10H2,1-3H3,(H,17,20). The van der Waals surface area contributed by atoms with Gasteiger partial charge in [0, 0.05) is 6.54 Å². The van der Waals surface area contributed by atoms with Crippen molar-refractivity contribution >= 4 is 11.9 Å². The molecule has 1 saturated heterocycles. The second kappa shape index (κ2) is 6.12. The van der Waals surface area contributed by atoms with E-state index in [1.165, 1.54) is 4.90 Å². The number of hydrogen-bond acceptors (Lipinski definition) is 3. The number of urea groups is 1. The predicted molar refractivity (Wildman–Crippen MR) is 78.3 cm³/mol. The van der Waals surface area contributed by atoms with Crippen LogP contribution in [0.2, 0.25) is 0 Å². The van der Waals surface area contributed by atoms with E-state index in [4.69, 9.17) is 0 Å². The number of hydrogen-bond donors (Lipinski definition) is 2. The van der Waals surface area contributed by atoms with Crippen LogP contribution in [0.3, 0.4) is 0 Å². The molecule has 114 valence electrons. The Balaban J connectivity index is 2.07. The maximum Gasteiger partial charge on any atom is 0.325 e. The molecule has 0 aromatic rings. The van der Waals surface area contributed by atoms with E-state index in [0.29, 0.717) is 6.54 Å². The molecule has 2 N–H and O–H groups in total. The zero-order valence-electron chi connectivity index (χ0n) is 12.9. The lowest BCUT2D eigenvalue weighted by molar-refractivity contribution is -0.136. The summed E-state index contributed by atoms with van der Waals surface area (Å²) in [6.45, 7) is 8.50. The van der Waals surface area contributed by atoms with Crippen LogP contribution in [0.25, 0.3) is 0 Å². The normalized spacial score (nSPS) is 33.9. The lowest BCUT2D eigenvalue weighted by Crippen LogP contribution is -2.58. The van der Waals surface area contributed by atoms with Crippen LogP contribution in [0.5, 0.6) is 0 Å². The van der Waals surface area contributed by atoms with Gasteiger partial charge >= 0.3 is 6.03 Å². The van der Waals surface area contributed by atoms with Crippen LogP contribution in [0, 0.1) is 11.8 Å². The van der Waals surface area contributed by atoms with Crippen molar-refractivity contribution in [3.8, 4) is 0 Å². The van der Waals surface area contributed by atoms with Crippen LogP contribution < -0.4 is 10.6 Å². The first-order valence-corrected chi connectivity index (χ1v) is 7.88. The molecule has 20 heavy (non-hydrogen) atoms. The molecule has 2 aliphatic rings. The zero-order chi connectivity index (χ0) is 14.8. The first-order valence-electron chi connectivity index (χ1n) is 7.88. The summed E-state index contributed by atoms with van der Waals surface area (Å²) in [4.78, 5) is 26.4. The average molecular weight is 281 g/mol. The summed E-state index contributed by atoms with van der Waals surface area (Å²) in [5.74, 6) is 0.446. The predicted octanol–water partition coefficient (Wildman–Crippen LogP) is 1.73. The molecule has 1 saturated carbocycles. The molecule has 1 spiro atoms. The highest BCUT2D eigenvalue weighted by molar-refractivity contribution is 6.07.